The summed E-state index contributed by atoms with van der Waals surface area (Å²) in [4.78, 5) is 4.51. The van der Waals surface area contributed by atoms with Crippen LogP contribution >= 0.6 is 0 Å². The van der Waals surface area contributed by atoms with Gasteiger partial charge in [-0.25, -0.2) is 0 Å². The number of nitrogens with zero attached hydrogens (tertiary/aromatic N) is 2. The number of rotatable bonds is 6. The molecule has 1 saturated carbocycles. The first-order valence-electron chi connectivity index (χ1n) is 8.39. The second-order valence-electron chi connectivity index (χ2n) is 6.90. The molecule has 1 aromatic heterocycles. The summed E-state index contributed by atoms with van der Waals surface area (Å²) < 4.78 is 11.1. The van der Waals surface area contributed by atoms with Crippen molar-refractivity contribution in [2.75, 3.05) is 6.61 Å². The molecular formula is C18H25N3O2. The average molecular weight is 315 g/mol. The summed E-state index contributed by atoms with van der Waals surface area (Å²) in [6, 6.07) is 8.04. The summed E-state index contributed by atoms with van der Waals surface area (Å²) in [6.45, 7) is 5.00. The Bertz CT molecular complexity index is 628. The van der Waals surface area contributed by atoms with E-state index >= 15 is 0 Å². The number of benzene rings is 1. The monoisotopic (exact) mass is 315 g/mol. The van der Waals surface area contributed by atoms with Gasteiger partial charge in [-0.1, -0.05) is 44.0 Å². The molecule has 0 amide bonds. The molecule has 3 rings (SSSR count). The standard InChI is InChI=1S/C18H25N3O2/c1-13(2)12-22-15-7-5-14(6-8-15)11-16-20-17(21-23-16)18(19)9-3-4-10-18/h5-8,13H,3-4,9-12,19H2,1-2H3. The van der Waals surface area contributed by atoms with Crippen molar-refractivity contribution in [1.82, 2.24) is 10.1 Å². The van der Waals surface area contributed by atoms with Crippen LogP contribution in [0.25, 0.3) is 0 Å². The molecular weight excluding hydrogens is 290 g/mol. The highest BCUT2D eigenvalue weighted by Gasteiger charge is 2.35. The topological polar surface area (TPSA) is 74.2 Å². The lowest BCUT2D eigenvalue weighted by molar-refractivity contribution is 0.271. The predicted octanol–water partition coefficient (Wildman–Crippen LogP) is 3.42. The Morgan fingerprint density at radius 2 is 1.91 bits per heavy atom. The van der Waals surface area contributed by atoms with E-state index in [1.54, 1.807) is 0 Å². The molecule has 0 spiro atoms. The van der Waals surface area contributed by atoms with E-state index in [4.69, 9.17) is 15.0 Å². The van der Waals surface area contributed by atoms with E-state index in [1.165, 1.54) is 0 Å². The fraction of sp³-hybridized carbons (Fsp3) is 0.556. The fourth-order valence-electron chi connectivity index (χ4n) is 2.90. The molecule has 0 bridgehead atoms. The fourth-order valence-corrected chi connectivity index (χ4v) is 2.90. The number of hydrogen-bond donors (Lipinski definition) is 1. The van der Waals surface area contributed by atoms with Crippen LogP contribution < -0.4 is 10.5 Å². The molecule has 124 valence electrons. The van der Waals surface area contributed by atoms with Gasteiger partial charge in [0.25, 0.3) is 0 Å². The Balaban J connectivity index is 1.62. The number of hydrogen-bond acceptors (Lipinski definition) is 5. The molecule has 23 heavy (non-hydrogen) atoms. The average Bonchev–Trinajstić information content (AvgIpc) is 3.17. The first-order chi connectivity index (χ1) is 11.0. The second kappa shape index (κ2) is 6.71. The zero-order chi connectivity index (χ0) is 16.3. The van der Waals surface area contributed by atoms with Crippen LogP contribution in [-0.2, 0) is 12.0 Å². The van der Waals surface area contributed by atoms with Crippen LogP contribution in [0.2, 0.25) is 0 Å². The van der Waals surface area contributed by atoms with Crippen LogP contribution in [0.15, 0.2) is 28.8 Å². The minimum atomic E-state index is -0.393. The maximum absolute atomic E-state index is 6.36. The SMILES string of the molecule is CC(C)COc1ccc(Cc2nc(C3(N)CCCC3)no2)cc1. The van der Waals surface area contributed by atoms with Gasteiger partial charge in [-0.05, 0) is 36.5 Å². The molecule has 0 unspecified atom stereocenters. The minimum Gasteiger partial charge on any atom is -0.493 e. The third kappa shape index (κ3) is 3.91. The van der Waals surface area contributed by atoms with Gasteiger partial charge in [0.2, 0.25) is 5.89 Å². The molecule has 2 N–H and O–H groups in total. The van der Waals surface area contributed by atoms with Crippen LogP contribution in [0.5, 0.6) is 5.75 Å². The Kier molecular flexibility index (Phi) is 4.66. The van der Waals surface area contributed by atoms with E-state index in [9.17, 15) is 0 Å². The lowest BCUT2D eigenvalue weighted by Gasteiger charge is -2.17. The summed E-state index contributed by atoms with van der Waals surface area (Å²) in [5.41, 5.74) is 7.09. The maximum atomic E-state index is 6.36. The van der Waals surface area contributed by atoms with E-state index in [0.29, 0.717) is 24.1 Å². The van der Waals surface area contributed by atoms with Gasteiger partial charge < -0.3 is 15.0 Å². The van der Waals surface area contributed by atoms with Gasteiger partial charge in [-0.3, -0.25) is 0 Å². The second-order valence-corrected chi connectivity index (χ2v) is 6.90. The van der Waals surface area contributed by atoms with E-state index in [0.717, 1.165) is 43.6 Å². The van der Waals surface area contributed by atoms with Crippen molar-refractivity contribution < 1.29 is 9.26 Å². The Hall–Kier alpha value is -1.88. The van der Waals surface area contributed by atoms with Crippen molar-refractivity contribution in [2.24, 2.45) is 11.7 Å². The Morgan fingerprint density at radius 3 is 2.57 bits per heavy atom. The zero-order valence-corrected chi connectivity index (χ0v) is 13.9. The largest absolute Gasteiger partial charge is 0.493 e. The molecule has 1 aliphatic carbocycles. The Morgan fingerprint density at radius 1 is 1.22 bits per heavy atom. The van der Waals surface area contributed by atoms with Gasteiger partial charge in [0.1, 0.15) is 5.75 Å². The van der Waals surface area contributed by atoms with Crippen LogP contribution in [-0.4, -0.2) is 16.7 Å². The number of ether oxygens (including phenoxy) is 1. The van der Waals surface area contributed by atoms with Crippen LogP contribution in [0.3, 0.4) is 0 Å². The van der Waals surface area contributed by atoms with Crippen molar-refractivity contribution in [2.45, 2.75) is 51.5 Å². The molecule has 1 aromatic carbocycles. The summed E-state index contributed by atoms with van der Waals surface area (Å²) in [5.74, 6) is 2.68. The van der Waals surface area contributed by atoms with Crippen molar-refractivity contribution >= 4 is 0 Å². The molecule has 1 aliphatic rings. The number of aromatic nitrogens is 2. The Labute approximate surface area is 137 Å². The van der Waals surface area contributed by atoms with Crippen LogP contribution in [0, 0.1) is 5.92 Å². The van der Waals surface area contributed by atoms with E-state index in [-0.39, 0.29) is 0 Å². The smallest absolute Gasteiger partial charge is 0.231 e. The van der Waals surface area contributed by atoms with Gasteiger partial charge in [-0.15, -0.1) is 0 Å². The lowest BCUT2D eigenvalue weighted by Crippen LogP contribution is -2.34. The van der Waals surface area contributed by atoms with Gasteiger partial charge in [0.15, 0.2) is 5.82 Å². The van der Waals surface area contributed by atoms with E-state index < -0.39 is 5.54 Å². The summed E-state index contributed by atoms with van der Waals surface area (Å²) in [5, 5.41) is 4.10. The van der Waals surface area contributed by atoms with Crippen molar-refractivity contribution in [3.63, 3.8) is 0 Å². The molecule has 1 fully saturated rings. The van der Waals surface area contributed by atoms with E-state index in [1.807, 2.05) is 24.3 Å². The zero-order valence-electron chi connectivity index (χ0n) is 13.9. The maximum Gasteiger partial charge on any atom is 0.231 e. The van der Waals surface area contributed by atoms with Gasteiger partial charge in [0, 0.05) is 0 Å². The lowest BCUT2D eigenvalue weighted by atomic mass is 9.99. The molecule has 5 nitrogen and oxygen atoms in total. The van der Waals surface area contributed by atoms with Crippen molar-refractivity contribution in [3.05, 3.63) is 41.5 Å². The minimum absolute atomic E-state index is 0.393. The molecule has 0 atom stereocenters. The third-order valence-corrected chi connectivity index (χ3v) is 4.27. The highest BCUT2D eigenvalue weighted by atomic mass is 16.5. The van der Waals surface area contributed by atoms with Gasteiger partial charge in [0.05, 0.1) is 18.6 Å². The summed E-state index contributed by atoms with van der Waals surface area (Å²) in [7, 11) is 0. The quantitative estimate of drug-likeness (QED) is 0.884. The molecule has 0 radical (unpaired) electrons. The summed E-state index contributed by atoms with van der Waals surface area (Å²) >= 11 is 0. The first-order valence-corrected chi connectivity index (χ1v) is 8.39. The normalized spacial score (nSPS) is 16.9. The highest BCUT2D eigenvalue weighted by Crippen LogP contribution is 2.34. The molecule has 1 heterocycles. The van der Waals surface area contributed by atoms with Gasteiger partial charge in [-0.2, -0.15) is 4.98 Å². The van der Waals surface area contributed by atoms with Crippen LogP contribution in [0.4, 0.5) is 0 Å². The van der Waals surface area contributed by atoms with Crippen molar-refractivity contribution in [1.29, 1.82) is 0 Å². The van der Waals surface area contributed by atoms with Crippen molar-refractivity contribution in [3.8, 4) is 5.75 Å². The summed E-state index contributed by atoms with van der Waals surface area (Å²) in [6.07, 6.45) is 4.77. The highest BCUT2D eigenvalue weighted by molar-refractivity contribution is 5.28. The molecule has 2 aromatic rings. The van der Waals surface area contributed by atoms with Crippen LogP contribution in [0.1, 0.15) is 56.8 Å². The van der Waals surface area contributed by atoms with Gasteiger partial charge >= 0.3 is 0 Å². The molecule has 5 heteroatoms. The molecule has 0 saturated heterocycles. The molecule has 0 aliphatic heterocycles. The first kappa shape index (κ1) is 16.0. The predicted molar refractivity (Wildman–Crippen MR) is 88.2 cm³/mol. The number of nitrogens with two attached hydrogens (primary N) is 1. The third-order valence-electron chi connectivity index (χ3n) is 4.27. The van der Waals surface area contributed by atoms with E-state index in [2.05, 4.69) is 24.0 Å².